The molecule has 0 saturated heterocycles. The Labute approximate surface area is 89.9 Å². The Morgan fingerprint density at radius 3 is 2.93 bits per heavy atom. The highest BCUT2D eigenvalue weighted by molar-refractivity contribution is 5.95. The molecule has 1 aliphatic heterocycles. The van der Waals surface area contributed by atoms with Crippen LogP contribution in [0.4, 0.5) is 5.69 Å². The molecule has 0 bridgehead atoms. The number of hydrogen-bond acceptors (Lipinski definition) is 1. The van der Waals surface area contributed by atoms with Crippen LogP contribution in [0.2, 0.25) is 0 Å². The van der Waals surface area contributed by atoms with Gasteiger partial charge in [0.05, 0.1) is 0 Å². The number of para-hydroxylation sites is 1. The lowest BCUT2D eigenvalue weighted by Crippen LogP contribution is -2.35. The molecule has 2 aliphatic rings. The molecule has 2 nitrogen and oxygen atoms in total. The first-order chi connectivity index (χ1) is 7.29. The van der Waals surface area contributed by atoms with E-state index in [2.05, 4.69) is 18.2 Å². The number of hydrogen-bond donors (Lipinski definition) is 0. The lowest BCUT2D eigenvalue weighted by molar-refractivity contribution is -0.116. The molecule has 1 amide bonds. The monoisotopic (exact) mass is 201 g/mol. The van der Waals surface area contributed by atoms with Crippen LogP contribution in [-0.2, 0) is 4.79 Å². The van der Waals surface area contributed by atoms with Crippen LogP contribution in [0, 0.1) is 0 Å². The van der Waals surface area contributed by atoms with Gasteiger partial charge in [-0.3, -0.25) is 4.79 Å². The van der Waals surface area contributed by atoms with Crippen LogP contribution in [0.1, 0.15) is 37.7 Å². The summed E-state index contributed by atoms with van der Waals surface area (Å²) >= 11 is 0. The predicted octanol–water partition coefficient (Wildman–Crippen LogP) is 2.69. The minimum absolute atomic E-state index is 0.192. The van der Waals surface area contributed by atoms with E-state index in [1.165, 1.54) is 24.8 Å². The number of benzene rings is 1. The minimum Gasteiger partial charge on any atom is -0.309 e. The summed E-state index contributed by atoms with van der Waals surface area (Å²) in [5.41, 5.74) is 2.54. The van der Waals surface area contributed by atoms with Gasteiger partial charge in [0.2, 0.25) is 5.91 Å². The lowest BCUT2D eigenvalue weighted by atomic mass is 9.98. The summed E-state index contributed by atoms with van der Waals surface area (Å²) in [7, 11) is 0. The number of carbonyl (C=O) groups is 1. The van der Waals surface area contributed by atoms with Crippen LogP contribution in [0.3, 0.4) is 0 Å². The minimum atomic E-state index is 0.192. The molecule has 78 valence electrons. The first-order valence-corrected chi connectivity index (χ1v) is 5.68. The van der Waals surface area contributed by atoms with E-state index in [-0.39, 0.29) is 5.91 Å². The van der Waals surface area contributed by atoms with E-state index in [1.807, 2.05) is 11.0 Å². The van der Waals surface area contributed by atoms with Crippen molar-refractivity contribution in [1.82, 2.24) is 0 Å². The lowest BCUT2D eigenvalue weighted by Gasteiger charge is -2.23. The Balaban J connectivity index is 2.13. The van der Waals surface area contributed by atoms with E-state index < -0.39 is 0 Å². The van der Waals surface area contributed by atoms with Crippen LogP contribution >= 0.6 is 0 Å². The molecule has 0 aromatic heterocycles. The predicted molar refractivity (Wildman–Crippen MR) is 60.0 cm³/mol. The topological polar surface area (TPSA) is 20.3 Å². The molecule has 2 heteroatoms. The van der Waals surface area contributed by atoms with E-state index in [0.717, 1.165) is 5.69 Å². The molecule has 0 radical (unpaired) electrons. The number of carbonyl (C=O) groups excluding carboxylic acids is 1. The zero-order valence-corrected chi connectivity index (χ0v) is 8.94. The van der Waals surface area contributed by atoms with Crippen molar-refractivity contribution in [1.29, 1.82) is 0 Å². The highest BCUT2D eigenvalue weighted by Crippen LogP contribution is 2.48. The van der Waals surface area contributed by atoms with Crippen molar-refractivity contribution >= 4 is 11.6 Å². The van der Waals surface area contributed by atoms with Gasteiger partial charge in [-0.1, -0.05) is 24.6 Å². The van der Waals surface area contributed by atoms with Crippen LogP contribution in [0.15, 0.2) is 24.3 Å². The van der Waals surface area contributed by atoms with Gasteiger partial charge < -0.3 is 4.90 Å². The van der Waals surface area contributed by atoms with Crippen LogP contribution in [0.25, 0.3) is 0 Å². The van der Waals surface area contributed by atoms with Gasteiger partial charge in [-0.2, -0.15) is 0 Å². The smallest absolute Gasteiger partial charge is 0.224 e. The molecule has 3 rings (SSSR count). The summed E-state index contributed by atoms with van der Waals surface area (Å²) in [4.78, 5) is 13.7. The van der Waals surface area contributed by atoms with Crippen molar-refractivity contribution in [3.05, 3.63) is 29.8 Å². The molecule has 1 fully saturated rings. The van der Waals surface area contributed by atoms with Gasteiger partial charge in [0, 0.05) is 24.6 Å². The Hall–Kier alpha value is -1.31. The molecule has 1 aliphatic carbocycles. The number of rotatable bonds is 0. The third-order valence-electron chi connectivity index (χ3n) is 3.75. The average molecular weight is 201 g/mol. The van der Waals surface area contributed by atoms with Gasteiger partial charge in [0.1, 0.15) is 0 Å². The van der Waals surface area contributed by atoms with Gasteiger partial charge >= 0.3 is 0 Å². The van der Waals surface area contributed by atoms with E-state index in [4.69, 9.17) is 0 Å². The summed E-state index contributed by atoms with van der Waals surface area (Å²) < 4.78 is 0. The van der Waals surface area contributed by atoms with E-state index in [9.17, 15) is 4.79 Å². The second-order valence-electron chi connectivity index (χ2n) is 4.55. The van der Waals surface area contributed by atoms with E-state index in [0.29, 0.717) is 12.0 Å². The van der Waals surface area contributed by atoms with Crippen molar-refractivity contribution < 1.29 is 4.79 Å². The van der Waals surface area contributed by atoms with Crippen molar-refractivity contribution in [3.8, 4) is 0 Å². The normalized spacial score (nSPS) is 27.7. The number of fused-ring (bicyclic) bond motifs is 3. The van der Waals surface area contributed by atoms with Gasteiger partial charge in [-0.05, 0) is 24.5 Å². The van der Waals surface area contributed by atoms with Crippen molar-refractivity contribution in [2.24, 2.45) is 0 Å². The molecule has 1 aromatic rings. The highest BCUT2D eigenvalue weighted by Gasteiger charge is 2.42. The van der Waals surface area contributed by atoms with Crippen LogP contribution in [0.5, 0.6) is 0 Å². The standard InChI is InChI=1S/C13H15NO/c1-9(15)14-12-7-3-2-5-10(12)11-6-4-8-13(11)14/h2-3,5,7,11,13H,4,6,8H2,1H3/t11-,13-/m1/s1. The van der Waals surface area contributed by atoms with Crippen molar-refractivity contribution in [3.63, 3.8) is 0 Å². The fourth-order valence-corrected chi connectivity index (χ4v) is 3.21. The first kappa shape index (κ1) is 8.96. The quantitative estimate of drug-likeness (QED) is 0.632. The van der Waals surface area contributed by atoms with Gasteiger partial charge in [0.15, 0.2) is 0 Å². The molecule has 15 heavy (non-hydrogen) atoms. The Bertz CT molecular complexity index is 413. The van der Waals surface area contributed by atoms with Crippen LogP contribution in [-0.4, -0.2) is 11.9 Å². The van der Waals surface area contributed by atoms with E-state index >= 15 is 0 Å². The molecule has 0 N–H and O–H groups in total. The number of anilines is 1. The summed E-state index contributed by atoms with van der Waals surface area (Å²) in [6.45, 7) is 1.68. The fourth-order valence-electron chi connectivity index (χ4n) is 3.21. The molecule has 0 spiro atoms. The summed E-state index contributed by atoms with van der Waals surface area (Å²) in [6.07, 6.45) is 3.66. The fraction of sp³-hybridized carbons (Fsp3) is 0.462. The van der Waals surface area contributed by atoms with Crippen molar-refractivity contribution in [2.75, 3.05) is 4.90 Å². The zero-order valence-electron chi connectivity index (χ0n) is 8.94. The summed E-state index contributed by atoms with van der Waals surface area (Å²) in [6, 6.07) is 8.81. The van der Waals surface area contributed by atoms with Gasteiger partial charge in [-0.25, -0.2) is 0 Å². The molecule has 1 aromatic carbocycles. The highest BCUT2D eigenvalue weighted by atomic mass is 16.2. The third kappa shape index (κ3) is 1.14. The maximum Gasteiger partial charge on any atom is 0.224 e. The zero-order chi connectivity index (χ0) is 10.4. The van der Waals surface area contributed by atoms with Crippen molar-refractivity contribution in [2.45, 2.75) is 38.1 Å². The second kappa shape index (κ2) is 3.09. The molecule has 2 atom stereocenters. The summed E-state index contributed by atoms with van der Waals surface area (Å²) in [5.74, 6) is 0.793. The Morgan fingerprint density at radius 2 is 2.13 bits per heavy atom. The number of nitrogens with zero attached hydrogens (tertiary/aromatic N) is 1. The van der Waals surface area contributed by atoms with Gasteiger partial charge in [0.25, 0.3) is 0 Å². The largest absolute Gasteiger partial charge is 0.309 e. The van der Waals surface area contributed by atoms with Gasteiger partial charge in [-0.15, -0.1) is 0 Å². The molecule has 0 unspecified atom stereocenters. The maximum absolute atomic E-state index is 11.7. The SMILES string of the molecule is CC(=O)N1c2ccccc2[C@H]2CCC[C@H]21. The summed E-state index contributed by atoms with van der Waals surface area (Å²) in [5, 5.41) is 0. The molecular weight excluding hydrogens is 186 g/mol. The number of amides is 1. The van der Waals surface area contributed by atoms with E-state index in [1.54, 1.807) is 6.92 Å². The average Bonchev–Trinajstić information content (AvgIpc) is 2.75. The third-order valence-corrected chi connectivity index (χ3v) is 3.75. The molecule has 1 heterocycles. The Kier molecular flexibility index (Phi) is 1.84. The molecule has 1 saturated carbocycles. The molecular formula is C13H15NO. The second-order valence-corrected chi connectivity index (χ2v) is 4.55. The Morgan fingerprint density at radius 1 is 1.33 bits per heavy atom. The maximum atomic E-state index is 11.7. The first-order valence-electron chi connectivity index (χ1n) is 5.68. The van der Waals surface area contributed by atoms with Crippen LogP contribution < -0.4 is 4.90 Å².